The Labute approximate surface area is 237 Å². The van der Waals surface area contributed by atoms with Crippen molar-refractivity contribution in [3.63, 3.8) is 0 Å². The topological polar surface area (TPSA) is 66.1 Å². The summed E-state index contributed by atoms with van der Waals surface area (Å²) >= 11 is 0. The third-order valence-electron chi connectivity index (χ3n) is 9.15. The summed E-state index contributed by atoms with van der Waals surface area (Å²) in [6.07, 6.45) is 8.15. The highest BCUT2D eigenvalue weighted by molar-refractivity contribution is 6.74. The molecule has 4 nitrogen and oxygen atoms in total. The van der Waals surface area contributed by atoms with Crippen molar-refractivity contribution in [1.82, 2.24) is 4.98 Å². The lowest BCUT2D eigenvalue weighted by molar-refractivity contribution is 0.104. The molecule has 2 aromatic rings. The van der Waals surface area contributed by atoms with Crippen LogP contribution in [0.1, 0.15) is 131 Å². The van der Waals surface area contributed by atoms with Crippen molar-refractivity contribution in [3.8, 4) is 6.07 Å². The molecule has 2 unspecified atom stereocenters. The zero-order valence-corrected chi connectivity index (χ0v) is 26.6. The van der Waals surface area contributed by atoms with Crippen molar-refractivity contribution in [3.05, 3.63) is 75.6 Å². The van der Waals surface area contributed by atoms with Gasteiger partial charge in [-0.05, 0) is 71.8 Å². The Bertz CT molecular complexity index is 1260. The first-order valence-corrected chi connectivity index (χ1v) is 17.6. The third kappa shape index (κ3) is 6.09. The van der Waals surface area contributed by atoms with Crippen molar-refractivity contribution in [2.24, 2.45) is 5.41 Å². The Balaban J connectivity index is 1.97. The summed E-state index contributed by atoms with van der Waals surface area (Å²) in [5.41, 5.74) is 7.53. The molecular weight excluding hydrogens is 496 g/mol. The van der Waals surface area contributed by atoms with Crippen molar-refractivity contribution in [1.29, 1.82) is 5.26 Å². The van der Waals surface area contributed by atoms with Crippen molar-refractivity contribution >= 4 is 8.32 Å². The van der Waals surface area contributed by atoms with Crippen LogP contribution in [0.2, 0.25) is 18.1 Å². The average Bonchev–Trinajstić information content (AvgIpc) is 3.36. The molecule has 0 saturated carbocycles. The van der Waals surface area contributed by atoms with E-state index in [2.05, 4.69) is 79.8 Å². The minimum absolute atomic E-state index is 0.0358. The van der Waals surface area contributed by atoms with Crippen molar-refractivity contribution < 1.29 is 9.53 Å². The largest absolute Gasteiger partial charge is 0.410 e. The highest BCUT2D eigenvalue weighted by atomic mass is 28.4. The van der Waals surface area contributed by atoms with Crippen LogP contribution in [0.3, 0.4) is 0 Å². The van der Waals surface area contributed by atoms with Gasteiger partial charge in [0, 0.05) is 28.4 Å². The highest BCUT2D eigenvalue weighted by Crippen LogP contribution is 2.52. The molecule has 5 heteroatoms. The van der Waals surface area contributed by atoms with E-state index in [1.54, 1.807) is 0 Å². The lowest BCUT2D eigenvalue weighted by Crippen LogP contribution is -2.44. The van der Waals surface area contributed by atoms with Gasteiger partial charge in [-0.2, -0.15) is 5.26 Å². The number of hydrogen-bond donors (Lipinski definition) is 1. The standard InChI is InChI=1S/C34H48N2O2Si/c1-22(2)31-30(32(37)25-16-14-23(15-17-25)18-19-35)28(24-12-10-11-13-24)29-26(36-31)20-34(6,7)21-27(29)38-39(8,9)33(3,4)5/h10,12,14-17,22,24,27,32,37H,11,13,18,20-21H2,1-9H3/t24?,27?,32-/m1/s1. The number of benzene rings is 1. The summed E-state index contributed by atoms with van der Waals surface area (Å²) in [4.78, 5) is 5.38. The molecule has 0 aliphatic heterocycles. The number of aliphatic hydroxyl groups is 1. The summed E-state index contributed by atoms with van der Waals surface area (Å²) < 4.78 is 7.25. The van der Waals surface area contributed by atoms with Gasteiger partial charge in [-0.25, -0.2) is 0 Å². The lowest BCUT2D eigenvalue weighted by Gasteiger charge is -2.45. The Morgan fingerprint density at radius 1 is 1.15 bits per heavy atom. The van der Waals surface area contributed by atoms with Gasteiger partial charge in [-0.15, -0.1) is 0 Å². The predicted molar refractivity (Wildman–Crippen MR) is 162 cm³/mol. The van der Waals surface area contributed by atoms with E-state index in [0.29, 0.717) is 6.42 Å². The van der Waals surface area contributed by atoms with Gasteiger partial charge in [0.25, 0.3) is 0 Å². The Kier molecular flexibility index (Phi) is 8.35. The van der Waals surface area contributed by atoms with E-state index in [1.165, 1.54) is 11.1 Å². The second kappa shape index (κ2) is 11.0. The van der Waals surface area contributed by atoms with Crippen LogP contribution in [0.15, 0.2) is 36.4 Å². The fourth-order valence-electron chi connectivity index (χ4n) is 6.04. The van der Waals surface area contributed by atoms with E-state index < -0.39 is 14.4 Å². The fourth-order valence-corrected chi connectivity index (χ4v) is 7.30. The van der Waals surface area contributed by atoms with Crippen LogP contribution in [0, 0.1) is 16.7 Å². The zero-order valence-electron chi connectivity index (χ0n) is 25.6. The number of allylic oxidation sites excluding steroid dienone is 2. The van der Waals surface area contributed by atoms with E-state index in [0.717, 1.165) is 53.8 Å². The molecule has 2 aliphatic rings. The van der Waals surface area contributed by atoms with E-state index in [1.807, 2.05) is 24.3 Å². The van der Waals surface area contributed by atoms with E-state index in [-0.39, 0.29) is 28.4 Å². The molecule has 2 aliphatic carbocycles. The molecule has 1 aromatic heterocycles. The molecule has 1 N–H and O–H groups in total. The molecule has 0 spiro atoms. The van der Waals surface area contributed by atoms with Crippen LogP contribution in [0.5, 0.6) is 0 Å². The van der Waals surface area contributed by atoms with Crippen LogP contribution in [0.4, 0.5) is 0 Å². The summed E-state index contributed by atoms with van der Waals surface area (Å²) in [5.74, 6) is 0.417. The minimum atomic E-state index is -2.08. The first kappa shape index (κ1) is 29.7. The van der Waals surface area contributed by atoms with Crippen molar-refractivity contribution in [2.75, 3.05) is 0 Å². The van der Waals surface area contributed by atoms with Gasteiger partial charge in [0.15, 0.2) is 8.32 Å². The summed E-state index contributed by atoms with van der Waals surface area (Å²) in [5, 5.41) is 21.3. The summed E-state index contributed by atoms with van der Waals surface area (Å²) in [6.45, 7) is 20.7. The van der Waals surface area contributed by atoms with E-state index in [4.69, 9.17) is 14.7 Å². The quantitative estimate of drug-likeness (QED) is 0.279. The maximum atomic E-state index is 12.1. The number of pyridine rings is 1. The Morgan fingerprint density at radius 2 is 1.82 bits per heavy atom. The van der Waals surface area contributed by atoms with E-state index in [9.17, 15) is 5.11 Å². The molecule has 1 heterocycles. The molecule has 0 fully saturated rings. The predicted octanol–water partition coefficient (Wildman–Crippen LogP) is 8.82. The van der Waals surface area contributed by atoms with Gasteiger partial charge in [-0.3, -0.25) is 4.98 Å². The summed E-state index contributed by atoms with van der Waals surface area (Å²) in [6, 6.07) is 10.1. The number of hydrogen-bond acceptors (Lipinski definition) is 4. The van der Waals surface area contributed by atoms with Gasteiger partial charge >= 0.3 is 0 Å². The average molecular weight is 545 g/mol. The molecule has 210 valence electrons. The molecule has 0 saturated heterocycles. The molecule has 39 heavy (non-hydrogen) atoms. The summed E-state index contributed by atoms with van der Waals surface area (Å²) in [7, 11) is -2.08. The smallest absolute Gasteiger partial charge is 0.192 e. The SMILES string of the molecule is CC(C)c1nc2c(c(C3C=CCC3)c1[C@H](O)c1ccc(CC#N)cc1)C(O[Si](C)(C)C(C)(C)C)CC(C)(C)C2. The molecule has 3 atom stereocenters. The van der Waals surface area contributed by atoms with Crippen LogP contribution in [-0.2, 0) is 17.3 Å². The monoisotopic (exact) mass is 544 g/mol. The first-order chi connectivity index (χ1) is 18.1. The number of aliphatic hydroxyl groups excluding tert-OH is 1. The second-order valence-electron chi connectivity index (χ2n) is 14.3. The van der Waals surface area contributed by atoms with Crippen LogP contribution >= 0.6 is 0 Å². The number of nitrogens with zero attached hydrogens (tertiary/aromatic N) is 2. The van der Waals surface area contributed by atoms with Gasteiger partial charge in [-0.1, -0.05) is 84.9 Å². The molecular formula is C34H48N2O2Si. The lowest BCUT2D eigenvalue weighted by atomic mass is 9.70. The maximum absolute atomic E-state index is 12.1. The molecule has 0 radical (unpaired) electrons. The van der Waals surface area contributed by atoms with Gasteiger partial charge in [0.05, 0.1) is 18.6 Å². The minimum Gasteiger partial charge on any atom is -0.410 e. The third-order valence-corrected chi connectivity index (χ3v) is 13.6. The number of rotatable bonds is 7. The Hall–Kier alpha value is -2.26. The molecule has 0 amide bonds. The van der Waals surface area contributed by atoms with Gasteiger partial charge in [0.1, 0.15) is 6.10 Å². The number of nitriles is 1. The molecule has 0 bridgehead atoms. The van der Waals surface area contributed by atoms with Crippen LogP contribution in [0.25, 0.3) is 0 Å². The first-order valence-electron chi connectivity index (χ1n) is 14.7. The van der Waals surface area contributed by atoms with Gasteiger partial charge in [0.2, 0.25) is 0 Å². The van der Waals surface area contributed by atoms with Crippen molar-refractivity contribution in [2.45, 2.75) is 123 Å². The van der Waals surface area contributed by atoms with Gasteiger partial charge < -0.3 is 9.53 Å². The van der Waals surface area contributed by atoms with Crippen LogP contribution < -0.4 is 0 Å². The Morgan fingerprint density at radius 3 is 2.36 bits per heavy atom. The molecule has 4 rings (SSSR count). The zero-order chi connectivity index (χ0) is 28.8. The fraction of sp³-hybridized carbons (Fsp3) is 0.588. The maximum Gasteiger partial charge on any atom is 0.192 e. The normalized spacial score (nSPS) is 21.6. The number of fused-ring (bicyclic) bond motifs is 1. The number of aromatic nitrogens is 1. The van der Waals surface area contributed by atoms with Crippen LogP contribution in [-0.4, -0.2) is 18.4 Å². The second-order valence-corrected chi connectivity index (χ2v) is 19.1. The van der Waals surface area contributed by atoms with E-state index >= 15 is 0 Å². The molecule has 1 aromatic carbocycles. The highest BCUT2D eigenvalue weighted by Gasteiger charge is 2.45.